The van der Waals surface area contributed by atoms with Crippen molar-refractivity contribution in [3.63, 3.8) is 0 Å². The van der Waals surface area contributed by atoms with E-state index in [9.17, 15) is 0 Å². The lowest BCUT2D eigenvalue weighted by molar-refractivity contribution is 0.101. The van der Waals surface area contributed by atoms with E-state index in [-0.39, 0.29) is 24.0 Å². The van der Waals surface area contributed by atoms with Crippen molar-refractivity contribution in [1.29, 1.82) is 0 Å². The van der Waals surface area contributed by atoms with Crippen LogP contribution in [-0.4, -0.2) is 99.8 Å². The van der Waals surface area contributed by atoms with Crippen LogP contribution in [0.4, 0.5) is 0 Å². The number of nitrogens with one attached hydrogen (secondary N) is 1. The zero-order chi connectivity index (χ0) is 18.4. The van der Waals surface area contributed by atoms with Crippen molar-refractivity contribution < 1.29 is 4.74 Å². The normalized spacial score (nSPS) is 26.9. The molecule has 0 aromatic rings. The van der Waals surface area contributed by atoms with Crippen LogP contribution in [0.25, 0.3) is 0 Å². The number of rotatable bonds is 5. The van der Waals surface area contributed by atoms with Crippen molar-refractivity contribution in [2.45, 2.75) is 44.1 Å². The molecule has 0 bridgehead atoms. The molecule has 0 spiro atoms. The molecule has 3 fully saturated rings. The van der Waals surface area contributed by atoms with Crippen molar-refractivity contribution in [1.82, 2.24) is 20.0 Å². The first-order chi connectivity index (χ1) is 12.6. The maximum absolute atomic E-state index is 5.52. The van der Waals surface area contributed by atoms with E-state index in [4.69, 9.17) is 4.74 Å². The third kappa shape index (κ3) is 6.18. The van der Waals surface area contributed by atoms with E-state index in [0.717, 1.165) is 57.8 Å². The summed E-state index contributed by atoms with van der Waals surface area (Å²) in [5.74, 6) is 1.82. The third-order valence-corrected chi connectivity index (χ3v) is 6.73. The molecule has 158 valence electrons. The van der Waals surface area contributed by atoms with Gasteiger partial charge in [0.1, 0.15) is 0 Å². The molecule has 3 rings (SSSR count). The molecule has 0 aromatic heterocycles. The van der Waals surface area contributed by atoms with Gasteiger partial charge in [-0.05, 0) is 39.3 Å². The molecule has 1 aliphatic carbocycles. The number of likely N-dealkylation sites (N-methyl/N-ethyl adjacent to an activating group) is 1. The summed E-state index contributed by atoms with van der Waals surface area (Å²) in [6.45, 7) is 8.53. The highest BCUT2D eigenvalue weighted by Gasteiger charge is 2.34. The Labute approximate surface area is 183 Å². The van der Waals surface area contributed by atoms with Crippen LogP contribution < -0.4 is 5.32 Å². The molecular weight excluding hydrogens is 453 g/mol. The number of nitrogens with zero attached hydrogens (tertiary/aromatic N) is 4. The molecule has 1 saturated carbocycles. The molecule has 1 unspecified atom stereocenters. The molecule has 3 aliphatic rings. The predicted molar refractivity (Wildman–Crippen MR) is 123 cm³/mol. The van der Waals surface area contributed by atoms with Crippen LogP contribution in [0.5, 0.6) is 0 Å². The van der Waals surface area contributed by atoms with Gasteiger partial charge in [0.15, 0.2) is 5.96 Å². The minimum atomic E-state index is 0. The van der Waals surface area contributed by atoms with E-state index in [1.807, 2.05) is 7.05 Å². The van der Waals surface area contributed by atoms with Crippen molar-refractivity contribution in [2.75, 3.05) is 73.6 Å². The number of piperazine rings is 1. The maximum Gasteiger partial charge on any atom is 0.193 e. The first-order valence-corrected chi connectivity index (χ1v) is 10.6. The lowest BCUT2D eigenvalue weighted by atomic mass is 9.80. The number of halogens is 1. The molecular formula is C20H40IN5O. The van der Waals surface area contributed by atoms with E-state index in [2.05, 4.69) is 39.1 Å². The minimum absolute atomic E-state index is 0. The maximum atomic E-state index is 5.52. The Morgan fingerprint density at radius 2 is 1.85 bits per heavy atom. The average molecular weight is 493 g/mol. The van der Waals surface area contributed by atoms with E-state index >= 15 is 0 Å². The lowest BCUT2D eigenvalue weighted by Crippen LogP contribution is -2.58. The first kappa shape index (κ1) is 23.2. The van der Waals surface area contributed by atoms with Crippen LogP contribution in [0.15, 0.2) is 4.99 Å². The standard InChI is InChI=1S/C20H39N5O.HI/c1-21-19(22-17-20(23(2)3)8-5-4-6-9-20)25-12-10-24(11-13-25)15-18-7-14-26-16-18;/h18H,4-17H2,1-3H3,(H,21,22);1H. The van der Waals surface area contributed by atoms with Crippen LogP contribution in [0.2, 0.25) is 0 Å². The fraction of sp³-hybridized carbons (Fsp3) is 0.950. The number of hydrogen-bond donors (Lipinski definition) is 1. The van der Waals surface area contributed by atoms with Gasteiger partial charge in [-0.15, -0.1) is 24.0 Å². The van der Waals surface area contributed by atoms with Crippen LogP contribution in [0, 0.1) is 5.92 Å². The second kappa shape index (κ2) is 11.2. The highest BCUT2D eigenvalue weighted by atomic mass is 127. The summed E-state index contributed by atoms with van der Waals surface area (Å²) in [5, 5.41) is 3.71. The monoisotopic (exact) mass is 493 g/mol. The number of hydrogen-bond acceptors (Lipinski definition) is 4. The highest BCUT2D eigenvalue weighted by Crippen LogP contribution is 2.31. The Balaban J connectivity index is 0.00000261. The van der Waals surface area contributed by atoms with Crippen LogP contribution in [0.1, 0.15) is 38.5 Å². The fourth-order valence-corrected chi connectivity index (χ4v) is 4.80. The summed E-state index contributed by atoms with van der Waals surface area (Å²) >= 11 is 0. The predicted octanol–water partition coefficient (Wildman–Crippen LogP) is 2.10. The Hall–Kier alpha value is -0.120. The Bertz CT molecular complexity index is 453. The lowest BCUT2D eigenvalue weighted by Gasteiger charge is -2.44. The molecule has 1 atom stereocenters. The quantitative estimate of drug-likeness (QED) is 0.361. The molecule has 2 saturated heterocycles. The highest BCUT2D eigenvalue weighted by molar-refractivity contribution is 14.0. The van der Waals surface area contributed by atoms with Crippen LogP contribution in [0.3, 0.4) is 0 Å². The molecule has 27 heavy (non-hydrogen) atoms. The number of guanidine groups is 1. The summed E-state index contributed by atoms with van der Waals surface area (Å²) in [6, 6.07) is 0. The minimum Gasteiger partial charge on any atom is -0.381 e. The molecule has 0 amide bonds. The topological polar surface area (TPSA) is 43.3 Å². The van der Waals surface area contributed by atoms with Crippen molar-refractivity contribution in [2.24, 2.45) is 10.9 Å². The summed E-state index contributed by atoms with van der Waals surface area (Å²) in [7, 11) is 6.40. The molecule has 0 aromatic carbocycles. The SMILES string of the molecule is CN=C(NCC1(N(C)C)CCCCC1)N1CCN(CC2CCOC2)CC1.I. The molecule has 6 nitrogen and oxygen atoms in total. The van der Waals surface area contributed by atoms with E-state index in [1.165, 1.54) is 45.1 Å². The summed E-state index contributed by atoms with van der Waals surface area (Å²) in [5.41, 5.74) is 0.290. The van der Waals surface area contributed by atoms with Gasteiger partial charge in [-0.1, -0.05) is 19.3 Å². The van der Waals surface area contributed by atoms with Crippen molar-refractivity contribution in [3.8, 4) is 0 Å². The van der Waals surface area contributed by atoms with Crippen molar-refractivity contribution >= 4 is 29.9 Å². The molecule has 1 N–H and O–H groups in total. The van der Waals surface area contributed by atoms with Crippen molar-refractivity contribution in [3.05, 3.63) is 0 Å². The zero-order valence-corrected chi connectivity index (χ0v) is 19.9. The van der Waals surface area contributed by atoms with E-state index in [0.29, 0.717) is 5.54 Å². The van der Waals surface area contributed by atoms with E-state index < -0.39 is 0 Å². The number of ether oxygens (including phenoxy) is 1. The van der Waals surface area contributed by atoms with Gasteiger partial charge in [-0.25, -0.2) is 0 Å². The zero-order valence-electron chi connectivity index (χ0n) is 17.6. The Kier molecular flexibility index (Phi) is 9.58. The Morgan fingerprint density at radius 1 is 1.15 bits per heavy atom. The van der Waals surface area contributed by atoms with Gasteiger partial charge in [0, 0.05) is 58.5 Å². The summed E-state index contributed by atoms with van der Waals surface area (Å²) < 4.78 is 5.52. The molecule has 0 radical (unpaired) electrons. The van der Waals surface area contributed by atoms with Crippen LogP contribution >= 0.6 is 24.0 Å². The molecule has 2 aliphatic heterocycles. The summed E-state index contributed by atoms with van der Waals surface area (Å²) in [4.78, 5) is 12.1. The Morgan fingerprint density at radius 3 is 2.41 bits per heavy atom. The second-order valence-electron chi connectivity index (χ2n) is 8.60. The van der Waals surface area contributed by atoms with Gasteiger partial charge in [0.05, 0.1) is 6.61 Å². The van der Waals surface area contributed by atoms with E-state index in [1.54, 1.807) is 0 Å². The van der Waals surface area contributed by atoms with Gasteiger partial charge >= 0.3 is 0 Å². The van der Waals surface area contributed by atoms with Crippen LogP contribution in [-0.2, 0) is 4.74 Å². The first-order valence-electron chi connectivity index (χ1n) is 10.6. The van der Waals surface area contributed by atoms with Gasteiger partial charge in [-0.2, -0.15) is 0 Å². The van der Waals surface area contributed by atoms with Gasteiger partial charge in [0.2, 0.25) is 0 Å². The fourth-order valence-electron chi connectivity index (χ4n) is 4.80. The largest absolute Gasteiger partial charge is 0.381 e. The summed E-state index contributed by atoms with van der Waals surface area (Å²) in [6.07, 6.45) is 7.90. The number of aliphatic imine (C=N–C) groups is 1. The van der Waals surface area contributed by atoms with Gasteiger partial charge in [0.25, 0.3) is 0 Å². The second-order valence-corrected chi connectivity index (χ2v) is 8.60. The average Bonchev–Trinajstić information content (AvgIpc) is 3.17. The molecule has 7 heteroatoms. The third-order valence-electron chi connectivity index (χ3n) is 6.73. The molecule has 2 heterocycles. The van der Waals surface area contributed by atoms with Gasteiger partial charge in [-0.3, -0.25) is 9.89 Å². The van der Waals surface area contributed by atoms with Gasteiger partial charge < -0.3 is 19.9 Å². The smallest absolute Gasteiger partial charge is 0.193 e.